The van der Waals surface area contributed by atoms with Crippen LogP contribution in [0.5, 0.6) is 0 Å². The average Bonchev–Trinajstić information content (AvgIpc) is 3.36. The molecule has 3 N–H and O–H groups in total. The molecule has 1 fully saturated rings. The summed E-state index contributed by atoms with van der Waals surface area (Å²) in [4.78, 5) is 12.2. The molecule has 30 heavy (non-hydrogen) atoms. The van der Waals surface area contributed by atoms with Crippen molar-refractivity contribution in [2.75, 3.05) is 16.3 Å². The predicted octanol–water partition coefficient (Wildman–Crippen LogP) is 4.34. The number of nitrogens with one attached hydrogen (secondary N) is 3. The first-order valence-corrected chi connectivity index (χ1v) is 11.6. The summed E-state index contributed by atoms with van der Waals surface area (Å²) >= 11 is 0. The Hall–Kier alpha value is -3.39. The third kappa shape index (κ3) is 3.99. The molecule has 1 saturated carbocycles. The van der Waals surface area contributed by atoms with Crippen LogP contribution in [0.3, 0.4) is 0 Å². The van der Waals surface area contributed by atoms with E-state index in [1.54, 1.807) is 24.4 Å². The van der Waals surface area contributed by atoms with Crippen molar-refractivity contribution in [1.82, 2.24) is 15.0 Å². The van der Waals surface area contributed by atoms with E-state index in [0.717, 1.165) is 23.9 Å². The minimum Gasteiger partial charge on any atom is -0.361 e. The zero-order valence-electron chi connectivity index (χ0n) is 16.3. The molecule has 5 rings (SSSR count). The lowest BCUT2D eigenvalue weighted by Crippen LogP contribution is -2.09. The maximum absolute atomic E-state index is 11.4. The summed E-state index contributed by atoms with van der Waals surface area (Å²) < 4.78 is 25.4. The van der Waals surface area contributed by atoms with Gasteiger partial charge in [-0.05, 0) is 65.8 Å². The van der Waals surface area contributed by atoms with E-state index >= 15 is 0 Å². The van der Waals surface area contributed by atoms with Crippen LogP contribution in [0.4, 0.5) is 17.3 Å². The van der Waals surface area contributed by atoms with E-state index in [9.17, 15) is 8.42 Å². The van der Waals surface area contributed by atoms with E-state index in [0.29, 0.717) is 29.2 Å². The molecule has 8 heteroatoms. The number of hydrogen-bond donors (Lipinski definition) is 3. The molecule has 2 atom stereocenters. The van der Waals surface area contributed by atoms with Gasteiger partial charge >= 0.3 is 0 Å². The molecule has 1 aliphatic carbocycles. The average molecular weight is 420 g/mol. The first kappa shape index (κ1) is 18.6. The van der Waals surface area contributed by atoms with Crippen molar-refractivity contribution in [1.29, 1.82) is 0 Å². The van der Waals surface area contributed by atoms with Crippen LogP contribution in [0.2, 0.25) is 0 Å². The normalized spacial score (nSPS) is 18.3. The largest absolute Gasteiger partial charge is 0.361 e. The Morgan fingerprint density at radius 1 is 1.03 bits per heavy atom. The van der Waals surface area contributed by atoms with Gasteiger partial charge in [0.2, 0.25) is 16.0 Å². The Bertz CT molecular complexity index is 1330. The van der Waals surface area contributed by atoms with Gasteiger partial charge in [-0.2, -0.15) is 0 Å². The first-order valence-electron chi connectivity index (χ1n) is 9.69. The standard InChI is InChI=1S/C22H21N5O2S/c1-30(28,29)27-17-4-2-3-16(12-17)25-22-24-10-8-21(26-22)19-13-18(19)14-5-6-20-15(11-14)7-9-23-20/h2-12,18-19,23,27H,13H2,1H3,(H,24,25,26)/t18?,19-/m0/s1. The number of aromatic amines is 1. The number of anilines is 3. The highest BCUT2D eigenvalue weighted by atomic mass is 32.2. The van der Waals surface area contributed by atoms with E-state index < -0.39 is 10.0 Å². The predicted molar refractivity (Wildman–Crippen MR) is 119 cm³/mol. The molecule has 1 unspecified atom stereocenters. The summed E-state index contributed by atoms with van der Waals surface area (Å²) in [6.07, 6.45) is 5.91. The quantitative estimate of drug-likeness (QED) is 0.432. The number of sulfonamides is 1. The van der Waals surface area contributed by atoms with Gasteiger partial charge in [-0.1, -0.05) is 12.1 Å². The van der Waals surface area contributed by atoms with Crippen LogP contribution in [0.25, 0.3) is 10.9 Å². The van der Waals surface area contributed by atoms with Crippen molar-refractivity contribution in [3.63, 3.8) is 0 Å². The highest BCUT2D eigenvalue weighted by molar-refractivity contribution is 7.92. The van der Waals surface area contributed by atoms with Gasteiger partial charge in [0.1, 0.15) is 0 Å². The maximum Gasteiger partial charge on any atom is 0.229 e. The van der Waals surface area contributed by atoms with Crippen molar-refractivity contribution < 1.29 is 8.42 Å². The van der Waals surface area contributed by atoms with Gasteiger partial charge in [0.15, 0.2) is 0 Å². The van der Waals surface area contributed by atoms with Gasteiger partial charge < -0.3 is 10.3 Å². The Balaban J connectivity index is 1.32. The third-order valence-electron chi connectivity index (χ3n) is 5.27. The second-order valence-corrected chi connectivity index (χ2v) is 9.41. The van der Waals surface area contributed by atoms with Crippen LogP contribution >= 0.6 is 0 Å². The summed E-state index contributed by atoms with van der Waals surface area (Å²) in [5, 5.41) is 4.39. The van der Waals surface area contributed by atoms with Gasteiger partial charge in [-0.3, -0.25) is 4.72 Å². The van der Waals surface area contributed by atoms with Crippen LogP contribution in [0.15, 0.2) is 67.0 Å². The fourth-order valence-electron chi connectivity index (χ4n) is 3.84. The highest BCUT2D eigenvalue weighted by Crippen LogP contribution is 2.54. The molecule has 0 spiro atoms. The molecule has 0 aliphatic heterocycles. The zero-order valence-corrected chi connectivity index (χ0v) is 17.1. The summed E-state index contributed by atoms with van der Waals surface area (Å²) in [5.74, 6) is 1.34. The first-order chi connectivity index (χ1) is 14.4. The molecular weight excluding hydrogens is 398 g/mol. The summed E-state index contributed by atoms with van der Waals surface area (Å²) in [5.41, 5.74) is 4.70. The molecule has 7 nitrogen and oxygen atoms in total. The maximum atomic E-state index is 11.4. The Morgan fingerprint density at radius 2 is 1.90 bits per heavy atom. The molecule has 0 saturated heterocycles. The van der Waals surface area contributed by atoms with Gasteiger partial charge in [0, 0.05) is 35.2 Å². The van der Waals surface area contributed by atoms with Gasteiger partial charge in [-0.15, -0.1) is 0 Å². The molecule has 1 aliphatic rings. The Kier molecular flexibility index (Phi) is 4.43. The van der Waals surface area contributed by atoms with E-state index in [-0.39, 0.29) is 0 Å². The lowest BCUT2D eigenvalue weighted by Gasteiger charge is -2.09. The van der Waals surface area contributed by atoms with E-state index in [1.165, 1.54) is 10.9 Å². The van der Waals surface area contributed by atoms with E-state index in [2.05, 4.69) is 44.3 Å². The number of H-pyrrole nitrogens is 1. The topological polar surface area (TPSA) is 99.8 Å². The van der Waals surface area contributed by atoms with Crippen LogP contribution in [-0.4, -0.2) is 29.6 Å². The number of benzene rings is 2. The molecule has 4 aromatic rings. The zero-order chi connectivity index (χ0) is 20.7. The van der Waals surface area contributed by atoms with Crippen molar-refractivity contribution in [3.05, 3.63) is 78.2 Å². The lowest BCUT2D eigenvalue weighted by atomic mass is 10.1. The molecule has 2 aromatic carbocycles. The second-order valence-electron chi connectivity index (χ2n) is 7.66. The smallest absolute Gasteiger partial charge is 0.229 e. The lowest BCUT2D eigenvalue weighted by molar-refractivity contribution is 0.607. The van der Waals surface area contributed by atoms with Crippen molar-refractivity contribution in [2.24, 2.45) is 0 Å². The highest BCUT2D eigenvalue weighted by Gasteiger charge is 2.40. The van der Waals surface area contributed by atoms with Crippen LogP contribution in [0.1, 0.15) is 29.5 Å². The van der Waals surface area contributed by atoms with Crippen LogP contribution in [0, 0.1) is 0 Å². The molecule has 0 amide bonds. The molecule has 152 valence electrons. The number of aromatic nitrogens is 3. The van der Waals surface area contributed by atoms with Gasteiger partial charge in [0.05, 0.1) is 11.9 Å². The monoisotopic (exact) mass is 419 g/mol. The molecule has 2 aromatic heterocycles. The molecular formula is C22H21N5O2S. The summed E-state index contributed by atoms with van der Waals surface area (Å²) in [7, 11) is -3.33. The minimum atomic E-state index is -3.33. The van der Waals surface area contributed by atoms with Gasteiger partial charge in [0.25, 0.3) is 0 Å². The number of rotatable bonds is 6. The fourth-order valence-corrected chi connectivity index (χ4v) is 4.39. The van der Waals surface area contributed by atoms with Crippen molar-refractivity contribution in [3.8, 4) is 0 Å². The molecule has 0 radical (unpaired) electrons. The Labute approximate surface area is 174 Å². The molecule has 0 bridgehead atoms. The third-order valence-corrected chi connectivity index (χ3v) is 5.88. The SMILES string of the molecule is CS(=O)(=O)Nc1cccc(Nc2nccc([C@H]3CC3c3ccc4[nH]ccc4c3)n2)c1. The Morgan fingerprint density at radius 3 is 2.77 bits per heavy atom. The van der Waals surface area contributed by atoms with E-state index in [4.69, 9.17) is 4.98 Å². The second kappa shape index (κ2) is 7.14. The molecule has 2 heterocycles. The van der Waals surface area contributed by atoms with Crippen molar-refractivity contribution in [2.45, 2.75) is 18.3 Å². The number of fused-ring (bicyclic) bond motifs is 1. The van der Waals surface area contributed by atoms with Crippen LogP contribution < -0.4 is 10.0 Å². The van der Waals surface area contributed by atoms with Gasteiger partial charge in [-0.25, -0.2) is 18.4 Å². The minimum absolute atomic E-state index is 0.378. The summed E-state index contributed by atoms with van der Waals surface area (Å²) in [6, 6.07) is 17.6. The van der Waals surface area contributed by atoms with E-state index in [1.807, 2.05) is 18.3 Å². The fraction of sp³-hybridized carbons (Fsp3) is 0.182. The van der Waals surface area contributed by atoms with Crippen LogP contribution in [-0.2, 0) is 10.0 Å². The number of hydrogen-bond acceptors (Lipinski definition) is 5. The van der Waals surface area contributed by atoms with Crippen molar-refractivity contribution >= 4 is 38.2 Å². The number of nitrogens with zero attached hydrogens (tertiary/aromatic N) is 2. The summed E-state index contributed by atoms with van der Waals surface area (Å²) in [6.45, 7) is 0.